The van der Waals surface area contributed by atoms with Gasteiger partial charge in [0.15, 0.2) is 30.9 Å². The van der Waals surface area contributed by atoms with Crippen molar-refractivity contribution in [3.63, 3.8) is 0 Å². The Kier molecular flexibility index (Phi) is 10.1. The highest BCUT2D eigenvalue weighted by atomic mass is 16.8. The second-order valence-corrected chi connectivity index (χ2v) is 8.24. The number of ether oxygens (including phenoxy) is 8. The first kappa shape index (κ1) is 28.3. The molecule has 0 spiro atoms. The molecule has 2 aliphatic rings. The molecule has 0 aliphatic carbocycles. The van der Waals surface area contributed by atoms with Gasteiger partial charge in [0, 0.05) is 27.7 Å². The molecule has 2 fully saturated rings. The summed E-state index contributed by atoms with van der Waals surface area (Å²) in [7, 11) is 0. The molecular weight excluding hydrogens is 492 g/mol. The SMILES string of the molecule is CC(=O)OC[C@H]1OC(OC2COC(/C=C/c3ccccc3)O2)[C@H](OC(C)=O)[C@@H](OC(C)=O)[C@@H]1OC(C)=O. The van der Waals surface area contributed by atoms with Crippen LogP contribution in [0.15, 0.2) is 36.4 Å². The molecule has 0 radical (unpaired) electrons. The molecule has 12 nitrogen and oxygen atoms in total. The van der Waals surface area contributed by atoms with Crippen molar-refractivity contribution in [1.82, 2.24) is 0 Å². The van der Waals surface area contributed by atoms with Gasteiger partial charge in [-0.1, -0.05) is 36.4 Å². The van der Waals surface area contributed by atoms with E-state index in [2.05, 4.69) is 0 Å². The molecule has 7 atom stereocenters. The normalized spacial score (nSPS) is 29.5. The largest absolute Gasteiger partial charge is 0.463 e. The standard InChI is InChI=1S/C25H30O12/c1-14(26)30-12-19-22(32-15(2)27)23(33-16(3)28)24(34-17(4)29)25(35-19)37-21-13-31-20(36-21)11-10-18-8-6-5-7-9-18/h5-11,19-25H,12-13H2,1-4H3/b11-10+/t19-,20?,21?,22-,23+,24-,25?/m1/s1. The molecule has 2 aliphatic heterocycles. The molecule has 0 amide bonds. The van der Waals surface area contributed by atoms with Crippen LogP contribution >= 0.6 is 0 Å². The van der Waals surface area contributed by atoms with Crippen LogP contribution in [0.4, 0.5) is 0 Å². The van der Waals surface area contributed by atoms with Crippen LogP contribution < -0.4 is 0 Å². The van der Waals surface area contributed by atoms with E-state index >= 15 is 0 Å². The van der Waals surface area contributed by atoms with Crippen molar-refractivity contribution in [1.29, 1.82) is 0 Å². The van der Waals surface area contributed by atoms with E-state index < -0.39 is 67.2 Å². The summed E-state index contributed by atoms with van der Waals surface area (Å²) in [4.78, 5) is 47.1. The number of benzene rings is 1. The van der Waals surface area contributed by atoms with Gasteiger partial charge in [-0.25, -0.2) is 0 Å². The highest BCUT2D eigenvalue weighted by Crippen LogP contribution is 2.31. The number of hydrogen-bond donors (Lipinski definition) is 0. The molecule has 3 unspecified atom stereocenters. The quantitative estimate of drug-likeness (QED) is 0.343. The van der Waals surface area contributed by atoms with Crippen molar-refractivity contribution < 1.29 is 57.1 Å². The zero-order chi connectivity index (χ0) is 26.9. The second kappa shape index (κ2) is 13.3. The first-order valence-corrected chi connectivity index (χ1v) is 11.6. The van der Waals surface area contributed by atoms with Crippen LogP contribution in [0, 0.1) is 0 Å². The summed E-state index contributed by atoms with van der Waals surface area (Å²) in [5, 5.41) is 0. The highest BCUT2D eigenvalue weighted by Gasteiger charge is 2.53. The van der Waals surface area contributed by atoms with Crippen LogP contribution in [0.2, 0.25) is 0 Å². The van der Waals surface area contributed by atoms with E-state index in [1.54, 1.807) is 6.08 Å². The van der Waals surface area contributed by atoms with E-state index in [0.29, 0.717) is 0 Å². The number of esters is 4. The van der Waals surface area contributed by atoms with Crippen LogP contribution in [-0.2, 0) is 57.1 Å². The number of carbonyl (C=O) groups is 4. The van der Waals surface area contributed by atoms with Crippen molar-refractivity contribution in [2.24, 2.45) is 0 Å². The van der Waals surface area contributed by atoms with Gasteiger partial charge in [-0.15, -0.1) is 0 Å². The van der Waals surface area contributed by atoms with E-state index in [4.69, 9.17) is 37.9 Å². The van der Waals surface area contributed by atoms with Gasteiger partial charge >= 0.3 is 23.9 Å². The lowest BCUT2D eigenvalue weighted by Gasteiger charge is -2.44. The van der Waals surface area contributed by atoms with Crippen molar-refractivity contribution in [2.75, 3.05) is 13.2 Å². The fraction of sp³-hybridized carbons (Fsp3) is 0.520. The monoisotopic (exact) mass is 522 g/mol. The predicted molar refractivity (Wildman–Crippen MR) is 123 cm³/mol. The van der Waals surface area contributed by atoms with Gasteiger partial charge < -0.3 is 37.9 Å². The number of rotatable bonds is 9. The topological polar surface area (TPSA) is 142 Å². The fourth-order valence-electron chi connectivity index (χ4n) is 3.78. The molecule has 0 saturated carbocycles. The van der Waals surface area contributed by atoms with Crippen molar-refractivity contribution >= 4 is 30.0 Å². The first-order chi connectivity index (χ1) is 17.6. The Bertz CT molecular complexity index is 977. The van der Waals surface area contributed by atoms with Gasteiger partial charge in [0.2, 0.25) is 6.29 Å². The lowest BCUT2D eigenvalue weighted by atomic mass is 9.98. The van der Waals surface area contributed by atoms with Gasteiger partial charge in [-0.2, -0.15) is 0 Å². The molecule has 0 N–H and O–H groups in total. The van der Waals surface area contributed by atoms with Gasteiger partial charge in [-0.05, 0) is 11.6 Å². The van der Waals surface area contributed by atoms with Crippen LogP contribution in [0.5, 0.6) is 0 Å². The summed E-state index contributed by atoms with van der Waals surface area (Å²) in [6.45, 7) is 4.27. The van der Waals surface area contributed by atoms with Crippen LogP contribution in [0.1, 0.15) is 33.3 Å². The summed E-state index contributed by atoms with van der Waals surface area (Å²) in [5.41, 5.74) is 0.943. The van der Waals surface area contributed by atoms with E-state index in [9.17, 15) is 19.2 Å². The summed E-state index contributed by atoms with van der Waals surface area (Å²) in [6, 6.07) is 9.52. The predicted octanol–water partition coefficient (Wildman–Crippen LogP) is 1.50. The Hall–Kier alpha value is -3.32. The van der Waals surface area contributed by atoms with Crippen molar-refractivity contribution in [2.45, 2.75) is 71.0 Å². The van der Waals surface area contributed by atoms with E-state index in [-0.39, 0.29) is 13.2 Å². The minimum Gasteiger partial charge on any atom is -0.463 e. The van der Waals surface area contributed by atoms with Crippen LogP contribution in [0.3, 0.4) is 0 Å². The minimum absolute atomic E-state index is 0.0106. The molecule has 1 aromatic rings. The van der Waals surface area contributed by atoms with Gasteiger partial charge in [-0.3, -0.25) is 19.2 Å². The van der Waals surface area contributed by atoms with Gasteiger partial charge in [0.1, 0.15) is 19.3 Å². The average molecular weight is 523 g/mol. The zero-order valence-corrected chi connectivity index (χ0v) is 20.9. The smallest absolute Gasteiger partial charge is 0.303 e. The van der Waals surface area contributed by atoms with Crippen LogP contribution in [0.25, 0.3) is 6.08 Å². The maximum atomic E-state index is 11.9. The van der Waals surface area contributed by atoms with Gasteiger partial charge in [0.25, 0.3) is 0 Å². The van der Waals surface area contributed by atoms with Crippen molar-refractivity contribution in [3.05, 3.63) is 42.0 Å². The number of carbonyl (C=O) groups excluding carboxylic acids is 4. The third-order valence-electron chi connectivity index (χ3n) is 5.16. The summed E-state index contributed by atoms with van der Waals surface area (Å²) < 4.78 is 44.3. The van der Waals surface area contributed by atoms with E-state index in [0.717, 1.165) is 26.3 Å². The third-order valence-corrected chi connectivity index (χ3v) is 5.16. The molecule has 0 aromatic heterocycles. The van der Waals surface area contributed by atoms with Crippen molar-refractivity contribution in [3.8, 4) is 0 Å². The molecule has 202 valence electrons. The van der Waals surface area contributed by atoms with E-state index in [1.807, 2.05) is 36.4 Å². The fourth-order valence-corrected chi connectivity index (χ4v) is 3.78. The molecule has 2 heterocycles. The Morgan fingerprint density at radius 3 is 2.08 bits per heavy atom. The lowest BCUT2D eigenvalue weighted by Crippen LogP contribution is -2.63. The molecule has 0 bridgehead atoms. The summed E-state index contributed by atoms with van der Waals surface area (Å²) in [5.74, 6) is -2.81. The summed E-state index contributed by atoms with van der Waals surface area (Å²) in [6.07, 6.45) is -4.58. The lowest BCUT2D eigenvalue weighted by molar-refractivity contribution is -0.335. The molecule has 12 heteroatoms. The molecule has 3 rings (SSSR count). The van der Waals surface area contributed by atoms with Crippen LogP contribution in [-0.4, -0.2) is 80.4 Å². The Balaban J connectivity index is 1.79. The Morgan fingerprint density at radius 1 is 0.838 bits per heavy atom. The summed E-state index contributed by atoms with van der Waals surface area (Å²) >= 11 is 0. The third kappa shape index (κ3) is 8.64. The highest BCUT2D eigenvalue weighted by molar-refractivity contribution is 5.68. The number of hydrogen-bond acceptors (Lipinski definition) is 12. The molecule has 1 aromatic carbocycles. The average Bonchev–Trinajstić information content (AvgIpc) is 3.27. The maximum absolute atomic E-state index is 11.9. The van der Waals surface area contributed by atoms with E-state index in [1.165, 1.54) is 6.92 Å². The minimum atomic E-state index is -1.36. The second-order valence-electron chi connectivity index (χ2n) is 8.24. The zero-order valence-electron chi connectivity index (χ0n) is 20.9. The maximum Gasteiger partial charge on any atom is 0.303 e. The molecular formula is C25H30O12. The molecule has 2 saturated heterocycles. The Labute approximate surface area is 213 Å². The first-order valence-electron chi connectivity index (χ1n) is 11.6. The Morgan fingerprint density at radius 2 is 1.46 bits per heavy atom. The van der Waals surface area contributed by atoms with Gasteiger partial charge in [0.05, 0.1) is 0 Å². The molecule has 37 heavy (non-hydrogen) atoms.